The number of aldehydes is 1. The van der Waals surface area contributed by atoms with Crippen LogP contribution in [0, 0.1) is 6.92 Å². The largest absolute Gasteiger partial charge is 0.345 e. The van der Waals surface area contributed by atoms with Crippen molar-refractivity contribution in [2.24, 2.45) is 0 Å². The van der Waals surface area contributed by atoms with Gasteiger partial charge in [-0.2, -0.15) is 4.98 Å². The second kappa shape index (κ2) is 6.25. The highest BCUT2D eigenvalue weighted by atomic mass is 16.5. The molecular weight excluding hydrogens is 284 g/mol. The second-order valence-corrected chi connectivity index (χ2v) is 5.18. The Hall–Kier alpha value is -2.25. The molecule has 0 saturated carbocycles. The van der Waals surface area contributed by atoms with Crippen LogP contribution < -0.4 is 10.2 Å². The van der Waals surface area contributed by atoms with Gasteiger partial charge in [0.05, 0.1) is 6.10 Å². The van der Waals surface area contributed by atoms with Gasteiger partial charge in [-0.25, -0.2) is 0 Å². The molecule has 0 aliphatic carbocycles. The SMILES string of the molecule is CNCC1CN(c2ccc(-c3noc(C)n3)cc2)C(C=O)O1. The van der Waals surface area contributed by atoms with E-state index in [1.165, 1.54) is 0 Å². The molecule has 22 heavy (non-hydrogen) atoms. The van der Waals surface area contributed by atoms with Gasteiger partial charge in [-0.15, -0.1) is 0 Å². The first-order chi connectivity index (χ1) is 10.7. The summed E-state index contributed by atoms with van der Waals surface area (Å²) in [5.74, 6) is 1.09. The molecule has 0 spiro atoms. The molecule has 1 N–H and O–H groups in total. The van der Waals surface area contributed by atoms with E-state index in [0.717, 1.165) is 17.5 Å². The van der Waals surface area contributed by atoms with E-state index in [1.54, 1.807) is 6.92 Å². The topological polar surface area (TPSA) is 80.5 Å². The first kappa shape index (κ1) is 14.7. The van der Waals surface area contributed by atoms with Crippen LogP contribution in [0.15, 0.2) is 28.8 Å². The summed E-state index contributed by atoms with van der Waals surface area (Å²) in [6, 6.07) is 7.69. The monoisotopic (exact) mass is 302 g/mol. The molecule has 3 rings (SSSR count). The fourth-order valence-electron chi connectivity index (χ4n) is 2.55. The standard InChI is InChI=1S/C15H18N4O3/c1-10-17-15(18-22-10)11-3-5-12(6-4-11)19-8-13(7-16-2)21-14(19)9-20/h3-6,9,13-14,16H,7-8H2,1-2H3. The predicted molar refractivity (Wildman–Crippen MR) is 80.5 cm³/mol. The number of hydrogen-bond acceptors (Lipinski definition) is 7. The van der Waals surface area contributed by atoms with E-state index < -0.39 is 6.23 Å². The molecule has 1 aliphatic heterocycles. The quantitative estimate of drug-likeness (QED) is 0.825. The summed E-state index contributed by atoms with van der Waals surface area (Å²) in [6.45, 7) is 3.13. The Balaban J connectivity index is 1.78. The lowest BCUT2D eigenvalue weighted by Crippen LogP contribution is -2.31. The maximum absolute atomic E-state index is 11.2. The van der Waals surface area contributed by atoms with E-state index in [-0.39, 0.29) is 6.10 Å². The van der Waals surface area contributed by atoms with Crippen molar-refractivity contribution in [3.05, 3.63) is 30.2 Å². The third kappa shape index (κ3) is 2.86. The van der Waals surface area contributed by atoms with E-state index in [0.29, 0.717) is 24.8 Å². The summed E-state index contributed by atoms with van der Waals surface area (Å²) in [7, 11) is 1.86. The van der Waals surface area contributed by atoms with Gasteiger partial charge in [-0.05, 0) is 31.3 Å². The minimum absolute atomic E-state index is 0.000247. The van der Waals surface area contributed by atoms with Crippen LogP contribution in [0.25, 0.3) is 11.4 Å². The number of hydrogen-bond donors (Lipinski definition) is 1. The first-order valence-electron chi connectivity index (χ1n) is 7.14. The van der Waals surface area contributed by atoms with Gasteiger partial charge < -0.3 is 19.5 Å². The third-order valence-corrected chi connectivity index (χ3v) is 3.57. The zero-order chi connectivity index (χ0) is 15.5. The van der Waals surface area contributed by atoms with Crippen LogP contribution in [0.4, 0.5) is 5.69 Å². The number of rotatable bonds is 5. The Bertz CT molecular complexity index is 640. The van der Waals surface area contributed by atoms with Gasteiger partial charge >= 0.3 is 0 Å². The maximum Gasteiger partial charge on any atom is 0.223 e. The highest BCUT2D eigenvalue weighted by Crippen LogP contribution is 2.26. The molecule has 7 nitrogen and oxygen atoms in total. The lowest BCUT2D eigenvalue weighted by Gasteiger charge is -2.20. The summed E-state index contributed by atoms with van der Waals surface area (Å²) in [6.07, 6.45) is 0.280. The number of carbonyl (C=O) groups is 1. The van der Waals surface area contributed by atoms with E-state index >= 15 is 0 Å². The zero-order valence-electron chi connectivity index (χ0n) is 12.5. The number of nitrogens with one attached hydrogen (secondary N) is 1. The molecule has 7 heteroatoms. The van der Waals surface area contributed by atoms with Gasteiger partial charge in [0.1, 0.15) is 0 Å². The average molecular weight is 302 g/mol. The Morgan fingerprint density at radius 3 is 2.77 bits per heavy atom. The predicted octanol–water partition coefficient (Wildman–Crippen LogP) is 0.995. The summed E-state index contributed by atoms with van der Waals surface area (Å²) >= 11 is 0. The van der Waals surface area contributed by atoms with Crippen LogP contribution in [0.2, 0.25) is 0 Å². The molecule has 2 unspecified atom stereocenters. The van der Waals surface area contributed by atoms with Crippen molar-refractivity contribution in [2.75, 3.05) is 25.0 Å². The summed E-state index contributed by atoms with van der Waals surface area (Å²) in [5, 5.41) is 6.96. The van der Waals surface area contributed by atoms with Gasteiger partial charge in [0, 0.05) is 31.3 Å². The summed E-state index contributed by atoms with van der Waals surface area (Å²) in [4.78, 5) is 17.4. The van der Waals surface area contributed by atoms with Gasteiger partial charge in [0.2, 0.25) is 11.7 Å². The van der Waals surface area contributed by atoms with Crippen molar-refractivity contribution in [3.8, 4) is 11.4 Å². The number of nitrogens with zero attached hydrogens (tertiary/aromatic N) is 3. The van der Waals surface area contributed by atoms with E-state index in [1.807, 2.05) is 36.2 Å². The van der Waals surface area contributed by atoms with Crippen molar-refractivity contribution in [1.82, 2.24) is 15.5 Å². The number of carbonyl (C=O) groups excluding carboxylic acids is 1. The van der Waals surface area contributed by atoms with Crippen LogP contribution in [-0.4, -0.2) is 48.9 Å². The van der Waals surface area contributed by atoms with Gasteiger partial charge in [-0.3, -0.25) is 4.79 Å². The van der Waals surface area contributed by atoms with Crippen LogP contribution in [0.5, 0.6) is 0 Å². The Labute approximate surface area is 128 Å². The van der Waals surface area contributed by atoms with Gasteiger partial charge in [-0.1, -0.05) is 5.16 Å². The van der Waals surface area contributed by atoms with Crippen LogP contribution >= 0.6 is 0 Å². The molecule has 1 saturated heterocycles. The number of ether oxygens (including phenoxy) is 1. The number of aromatic nitrogens is 2. The summed E-state index contributed by atoms with van der Waals surface area (Å²) in [5.41, 5.74) is 1.80. The number of likely N-dealkylation sites (N-methyl/N-ethyl adjacent to an activating group) is 1. The van der Waals surface area contributed by atoms with E-state index in [2.05, 4.69) is 15.5 Å². The zero-order valence-corrected chi connectivity index (χ0v) is 12.5. The molecule has 1 aromatic heterocycles. The molecule has 1 aromatic carbocycles. The van der Waals surface area contributed by atoms with Crippen molar-refractivity contribution < 1.29 is 14.1 Å². The van der Waals surface area contributed by atoms with Gasteiger partial charge in [0.15, 0.2) is 12.5 Å². The van der Waals surface area contributed by atoms with E-state index in [4.69, 9.17) is 9.26 Å². The molecule has 0 radical (unpaired) electrons. The van der Waals surface area contributed by atoms with Crippen molar-refractivity contribution >= 4 is 12.0 Å². The summed E-state index contributed by atoms with van der Waals surface area (Å²) < 4.78 is 10.7. The molecule has 1 aliphatic rings. The number of anilines is 1. The van der Waals surface area contributed by atoms with Crippen LogP contribution in [0.1, 0.15) is 5.89 Å². The van der Waals surface area contributed by atoms with Gasteiger partial charge in [0.25, 0.3) is 0 Å². The third-order valence-electron chi connectivity index (χ3n) is 3.57. The van der Waals surface area contributed by atoms with E-state index in [9.17, 15) is 4.79 Å². The maximum atomic E-state index is 11.2. The number of benzene rings is 1. The molecule has 116 valence electrons. The van der Waals surface area contributed by atoms with Crippen molar-refractivity contribution in [1.29, 1.82) is 0 Å². The molecule has 1 fully saturated rings. The van der Waals surface area contributed by atoms with Crippen molar-refractivity contribution in [3.63, 3.8) is 0 Å². The molecule has 2 aromatic rings. The molecule has 0 bridgehead atoms. The lowest BCUT2D eigenvalue weighted by molar-refractivity contribution is -0.117. The average Bonchev–Trinajstić information content (AvgIpc) is 3.14. The van der Waals surface area contributed by atoms with Crippen LogP contribution in [0.3, 0.4) is 0 Å². The fraction of sp³-hybridized carbons (Fsp3) is 0.400. The Morgan fingerprint density at radius 1 is 1.41 bits per heavy atom. The molecule has 2 atom stereocenters. The Morgan fingerprint density at radius 2 is 2.18 bits per heavy atom. The fourth-order valence-corrected chi connectivity index (χ4v) is 2.55. The normalized spacial score (nSPS) is 21.3. The number of aryl methyl sites for hydroxylation is 1. The highest BCUT2D eigenvalue weighted by Gasteiger charge is 2.32. The molecule has 0 amide bonds. The lowest BCUT2D eigenvalue weighted by atomic mass is 10.2. The van der Waals surface area contributed by atoms with Crippen LogP contribution in [-0.2, 0) is 9.53 Å². The first-order valence-corrected chi connectivity index (χ1v) is 7.14. The smallest absolute Gasteiger partial charge is 0.223 e. The molecular formula is C15H18N4O3. The highest BCUT2D eigenvalue weighted by molar-refractivity contribution is 5.67. The molecule has 2 heterocycles. The minimum atomic E-state index is -0.545. The second-order valence-electron chi connectivity index (χ2n) is 5.18. The Kier molecular flexibility index (Phi) is 4.17. The van der Waals surface area contributed by atoms with Crippen molar-refractivity contribution in [2.45, 2.75) is 19.3 Å². The minimum Gasteiger partial charge on any atom is -0.345 e.